The molecule has 5 rings (SSSR count). The van der Waals surface area contributed by atoms with Crippen molar-refractivity contribution in [1.82, 2.24) is 19.1 Å². The molecule has 1 atom stereocenters. The molecule has 0 aliphatic rings. The summed E-state index contributed by atoms with van der Waals surface area (Å²) in [7, 11) is 3.95. The van der Waals surface area contributed by atoms with Gasteiger partial charge in [0.15, 0.2) is 0 Å². The lowest BCUT2D eigenvalue weighted by Crippen LogP contribution is -2.43. The summed E-state index contributed by atoms with van der Waals surface area (Å²) < 4.78 is 9.92. The minimum atomic E-state index is -0.431. The Kier molecular flexibility index (Phi) is 8.05. The topological polar surface area (TPSA) is 94.7 Å². The first-order chi connectivity index (χ1) is 18.1. The molecule has 0 spiro atoms. The molecule has 8 heteroatoms. The van der Waals surface area contributed by atoms with Crippen LogP contribution in [0.5, 0.6) is 5.75 Å². The van der Waals surface area contributed by atoms with Gasteiger partial charge in [-0.1, -0.05) is 31.5 Å². The number of benzene rings is 1. The van der Waals surface area contributed by atoms with E-state index in [1.807, 2.05) is 78.9 Å². The van der Waals surface area contributed by atoms with Crippen molar-refractivity contribution in [3.05, 3.63) is 77.8 Å². The van der Waals surface area contributed by atoms with Gasteiger partial charge in [-0.15, -0.1) is 0 Å². The highest BCUT2D eigenvalue weighted by Crippen LogP contribution is 2.31. The second-order valence-corrected chi connectivity index (χ2v) is 10.7. The Balaban J connectivity index is 0.000000253. The van der Waals surface area contributed by atoms with Gasteiger partial charge in [0.25, 0.3) is 0 Å². The maximum Gasteiger partial charge on any atom is 0.137 e. The molecule has 0 aliphatic heterocycles. The van der Waals surface area contributed by atoms with Crippen molar-refractivity contribution in [1.29, 1.82) is 5.26 Å². The van der Waals surface area contributed by atoms with Gasteiger partial charge in [0.05, 0.1) is 32.7 Å². The third-order valence-electron chi connectivity index (χ3n) is 6.32. The zero-order valence-electron chi connectivity index (χ0n) is 22.4. The Morgan fingerprint density at radius 2 is 1.63 bits per heavy atom. The van der Waals surface area contributed by atoms with Gasteiger partial charge in [0, 0.05) is 50.0 Å². The number of aromatic nitrogens is 4. The molecule has 0 bridgehead atoms. The first-order valence-corrected chi connectivity index (χ1v) is 12.9. The van der Waals surface area contributed by atoms with Crippen LogP contribution in [0.15, 0.2) is 67.3 Å². The SMILES string of the molecule is CC(C)C[C@](C)(N)COc1ccc(-c2ccnc3ccn(C)c23)cc1C#N.Cn1ccc2nccc(Cl)c21. The largest absolute Gasteiger partial charge is 0.490 e. The van der Waals surface area contributed by atoms with E-state index in [4.69, 9.17) is 22.1 Å². The monoisotopic (exact) mass is 528 g/mol. The first-order valence-electron chi connectivity index (χ1n) is 12.5. The third kappa shape index (κ3) is 5.99. The van der Waals surface area contributed by atoms with E-state index in [1.165, 1.54) is 0 Å². The number of hydrogen-bond donors (Lipinski definition) is 1. The van der Waals surface area contributed by atoms with Crippen molar-refractivity contribution in [2.24, 2.45) is 25.7 Å². The number of ether oxygens (including phenoxy) is 1. The van der Waals surface area contributed by atoms with Crippen molar-refractivity contribution in [3.8, 4) is 22.9 Å². The molecule has 0 saturated carbocycles. The predicted molar refractivity (Wildman–Crippen MR) is 154 cm³/mol. The fraction of sp³-hybridized carbons (Fsp3) is 0.300. The molecule has 196 valence electrons. The molecule has 7 nitrogen and oxygen atoms in total. The molecule has 0 aliphatic carbocycles. The fourth-order valence-corrected chi connectivity index (χ4v) is 5.06. The van der Waals surface area contributed by atoms with Crippen LogP contribution < -0.4 is 10.5 Å². The van der Waals surface area contributed by atoms with Gasteiger partial charge in [-0.3, -0.25) is 9.97 Å². The van der Waals surface area contributed by atoms with E-state index in [1.54, 1.807) is 18.5 Å². The van der Waals surface area contributed by atoms with E-state index < -0.39 is 5.54 Å². The van der Waals surface area contributed by atoms with Gasteiger partial charge >= 0.3 is 0 Å². The lowest BCUT2D eigenvalue weighted by atomic mass is 9.93. The maximum atomic E-state index is 9.61. The van der Waals surface area contributed by atoms with Crippen LogP contribution in [0.3, 0.4) is 0 Å². The zero-order valence-corrected chi connectivity index (χ0v) is 23.2. The molecule has 4 heterocycles. The van der Waals surface area contributed by atoms with Crippen molar-refractivity contribution >= 4 is 33.7 Å². The zero-order chi connectivity index (χ0) is 27.4. The molecule has 0 saturated heterocycles. The van der Waals surface area contributed by atoms with Crippen LogP contribution in [0.1, 0.15) is 32.8 Å². The summed E-state index contributed by atoms with van der Waals surface area (Å²) in [6.07, 6.45) is 8.30. The number of halogens is 1. The lowest BCUT2D eigenvalue weighted by molar-refractivity contribution is 0.206. The van der Waals surface area contributed by atoms with Crippen molar-refractivity contribution in [2.45, 2.75) is 32.7 Å². The second kappa shape index (κ2) is 11.3. The number of nitrogens with two attached hydrogens (primary N) is 1. The molecule has 5 aromatic rings. The van der Waals surface area contributed by atoms with Gasteiger partial charge in [-0.2, -0.15) is 5.26 Å². The molecule has 0 unspecified atom stereocenters. The number of fused-ring (bicyclic) bond motifs is 2. The molecule has 38 heavy (non-hydrogen) atoms. The van der Waals surface area contributed by atoms with E-state index >= 15 is 0 Å². The molecule has 0 amide bonds. The van der Waals surface area contributed by atoms with Crippen LogP contribution in [0.25, 0.3) is 33.2 Å². The summed E-state index contributed by atoms with van der Waals surface area (Å²) in [5.41, 5.74) is 12.3. The van der Waals surface area contributed by atoms with Crippen LogP contribution in [-0.2, 0) is 14.1 Å². The maximum absolute atomic E-state index is 9.61. The minimum Gasteiger partial charge on any atom is -0.490 e. The van der Waals surface area contributed by atoms with E-state index in [9.17, 15) is 5.26 Å². The van der Waals surface area contributed by atoms with E-state index in [0.29, 0.717) is 23.8 Å². The van der Waals surface area contributed by atoms with Crippen LogP contribution >= 0.6 is 11.6 Å². The van der Waals surface area contributed by atoms with Gasteiger partial charge in [0.1, 0.15) is 18.4 Å². The number of aryl methyl sites for hydroxylation is 2. The molecule has 0 fully saturated rings. The van der Waals surface area contributed by atoms with Gasteiger partial charge < -0.3 is 19.6 Å². The predicted octanol–water partition coefficient (Wildman–Crippen LogP) is 6.48. The van der Waals surface area contributed by atoms with Gasteiger partial charge in [-0.25, -0.2) is 0 Å². The highest BCUT2D eigenvalue weighted by atomic mass is 35.5. The smallest absolute Gasteiger partial charge is 0.137 e. The quantitative estimate of drug-likeness (QED) is 0.272. The average molecular weight is 529 g/mol. The van der Waals surface area contributed by atoms with Crippen LogP contribution in [-0.4, -0.2) is 31.2 Å². The van der Waals surface area contributed by atoms with Crippen molar-refractivity contribution in [2.75, 3.05) is 6.61 Å². The highest BCUT2D eigenvalue weighted by molar-refractivity contribution is 6.34. The highest BCUT2D eigenvalue weighted by Gasteiger charge is 2.22. The molecule has 4 aromatic heterocycles. The first kappa shape index (κ1) is 27.2. The summed E-state index contributed by atoms with van der Waals surface area (Å²) >= 11 is 5.94. The molecule has 2 N–H and O–H groups in total. The summed E-state index contributed by atoms with van der Waals surface area (Å²) in [6.45, 7) is 6.63. The number of pyridine rings is 2. The summed E-state index contributed by atoms with van der Waals surface area (Å²) in [5.74, 6) is 1.06. The lowest BCUT2D eigenvalue weighted by Gasteiger charge is -2.26. The molecular formula is C30H33ClN6O. The number of nitriles is 1. The van der Waals surface area contributed by atoms with Crippen LogP contribution in [0.2, 0.25) is 5.02 Å². The standard InChI is InChI=1S/C22H26N4O.C8H7ClN2/c1-15(2)12-22(3,24)14-27-20-6-5-16(11-17(20)13-23)18-7-9-25-19-8-10-26(4)21(18)19;1-11-5-3-7-8(11)6(9)2-4-10-7/h5-11,15H,12,14,24H2,1-4H3;2-5H,1H3/t22-;/m0./s1. The average Bonchev–Trinajstić information content (AvgIpc) is 3.45. The van der Waals surface area contributed by atoms with Crippen LogP contribution in [0.4, 0.5) is 0 Å². The Morgan fingerprint density at radius 1 is 1.00 bits per heavy atom. The summed E-state index contributed by atoms with van der Waals surface area (Å²) in [6, 6.07) is 15.7. The van der Waals surface area contributed by atoms with Gasteiger partial charge in [-0.05, 0) is 61.2 Å². The fourth-order valence-electron chi connectivity index (χ4n) is 4.77. The molecule has 1 aromatic carbocycles. The number of nitrogens with zero attached hydrogens (tertiary/aromatic N) is 5. The van der Waals surface area contributed by atoms with E-state index in [-0.39, 0.29) is 0 Å². The second-order valence-electron chi connectivity index (χ2n) is 10.3. The number of hydrogen-bond acceptors (Lipinski definition) is 5. The summed E-state index contributed by atoms with van der Waals surface area (Å²) in [4.78, 5) is 8.56. The molecular weight excluding hydrogens is 496 g/mol. The Bertz CT molecular complexity index is 1610. The van der Waals surface area contributed by atoms with Gasteiger partial charge in [0.2, 0.25) is 0 Å². The van der Waals surface area contributed by atoms with Crippen molar-refractivity contribution in [3.63, 3.8) is 0 Å². The third-order valence-corrected chi connectivity index (χ3v) is 6.62. The minimum absolute atomic E-state index is 0.372. The Morgan fingerprint density at radius 3 is 2.26 bits per heavy atom. The van der Waals surface area contributed by atoms with Crippen LogP contribution in [0, 0.1) is 17.2 Å². The summed E-state index contributed by atoms with van der Waals surface area (Å²) in [5, 5.41) is 10.4. The van der Waals surface area contributed by atoms with E-state index in [0.717, 1.165) is 44.6 Å². The number of rotatable bonds is 6. The Hall–Kier alpha value is -3.86. The van der Waals surface area contributed by atoms with Crippen molar-refractivity contribution < 1.29 is 4.74 Å². The van der Waals surface area contributed by atoms with E-state index in [2.05, 4.69) is 29.9 Å². The normalized spacial score (nSPS) is 12.7. The molecule has 0 radical (unpaired) electrons. The Labute approximate surface area is 228 Å².